The number of ether oxygens (including phenoxy) is 1. The molecule has 120 valence electrons. The summed E-state index contributed by atoms with van der Waals surface area (Å²) in [6.45, 7) is 6.36. The molecule has 2 amide bonds. The van der Waals surface area contributed by atoms with Crippen LogP contribution in [-0.2, 0) is 16.1 Å². The van der Waals surface area contributed by atoms with E-state index in [2.05, 4.69) is 10.6 Å². The van der Waals surface area contributed by atoms with Crippen molar-refractivity contribution in [2.75, 3.05) is 6.54 Å². The van der Waals surface area contributed by atoms with Gasteiger partial charge in [-0.05, 0) is 50.5 Å². The van der Waals surface area contributed by atoms with Crippen LogP contribution in [0.4, 0.5) is 4.79 Å². The summed E-state index contributed by atoms with van der Waals surface area (Å²) < 4.78 is 5.21. The van der Waals surface area contributed by atoms with E-state index in [0.29, 0.717) is 11.6 Å². The van der Waals surface area contributed by atoms with Crippen molar-refractivity contribution < 1.29 is 14.3 Å². The Bertz CT molecular complexity index is 581. The van der Waals surface area contributed by atoms with E-state index in [1.54, 1.807) is 32.9 Å². The van der Waals surface area contributed by atoms with Crippen molar-refractivity contribution in [1.82, 2.24) is 10.6 Å². The number of benzene rings is 1. The molecule has 1 aromatic rings. The van der Waals surface area contributed by atoms with Gasteiger partial charge in [-0.1, -0.05) is 17.7 Å². The molecule has 0 aliphatic carbocycles. The quantitative estimate of drug-likeness (QED) is 0.898. The first-order valence-electron chi connectivity index (χ1n) is 7.29. The first-order chi connectivity index (χ1) is 10.3. The standard InChI is InChI=1S/C16H21ClN2O3/c1-16(2,3)22-15(21)19-9-10-8-11(17)4-5-12(10)13-6-7-18-14(13)20/h4-5,8,13H,6-7,9H2,1-3H3,(H,18,20)(H,19,21). The van der Waals surface area contributed by atoms with Crippen molar-refractivity contribution in [3.63, 3.8) is 0 Å². The van der Waals surface area contributed by atoms with Crippen LogP contribution in [0.1, 0.15) is 44.2 Å². The van der Waals surface area contributed by atoms with Gasteiger partial charge >= 0.3 is 6.09 Å². The third-order valence-corrected chi connectivity index (χ3v) is 3.59. The maximum atomic E-state index is 11.9. The van der Waals surface area contributed by atoms with E-state index in [-0.39, 0.29) is 18.4 Å². The van der Waals surface area contributed by atoms with E-state index in [0.717, 1.165) is 17.5 Å². The minimum Gasteiger partial charge on any atom is -0.444 e. The molecule has 0 spiro atoms. The van der Waals surface area contributed by atoms with Gasteiger partial charge in [0.25, 0.3) is 0 Å². The number of nitrogens with one attached hydrogen (secondary N) is 2. The molecule has 1 fully saturated rings. The van der Waals surface area contributed by atoms with Crippen molar-refractivity contribution in [1.29, 1.82) is 0 Å². The van der Waals surface area contributed by atoms with Crippen molar-refractivity contribution in [2.24, 2.45) is 0 Å². The zero-order chi connectivity index (χ0) is 16.3. The molecule has 1 aromatic carbocycles. The fourth-order valence-corrected chi connectivity index (χ4v) is 2.63. The van der Waals surface area contributed by atoms with E-state index < -0.39 is 11.7 Å². The molecule has 0 radical (unpaired) electrons. The summed E-state index contributed by atoms with van der Waals surface area (Å²) in [4.78, 5) is 23.6. The Morgan fingerprint density at radius 3 is 2.77 bits per heavy atom. The number of hydrogen-bond acceptors (Lipinski definition) is 3. The molecule has 2 rings (SSSR count). The molecule has 1 aliphatic heterocycles. The van der Waals surface area contributed by atoms with Gasteiger partial charge in [-0.15, -0.1) is 0 Å². The van der Waals surface area contributed by atoms with E-state index in [9.17, 15) is 9.59 Å². The Hall–Kier alpha value is -1.75. The molecular weight excluding hydrogens is 304 g/mol. The minimum absolute atomic E-state index is 0.0147. The summed E-state index contributed by atoms with van der Waals surface area (Å²) in [6.07, 6.45) is 0.259. The van der Waals surface area contributed by atoms with Crippen molar-refractivity contribution in [3.05, 3.63) is 34.3 Å². The number of amides is 2. The second-order valence-electron chi connectivity index (χ2n) is 6.33. The summed E-state index contributed by atoms with van der Waals surface area (Å²) in [5.41, 5.74) is 1.18. The van der Waals surface area contributed by atoms with E-state index in [1.165, 1.54) is 0 Å². The zero-order valence-electron chi connectivity index (χ0n) is 13.0. The van der Waals surface area contributed by atoms with E-state index >= 15 is 0 Å². The second-order valence-corrected chi connectivity index (χ2v) is 6.77. The normalized spacial score (nSPS) is 18.0. The molecule has 1 heterocycles. The van der Waals surface area contributed by atoms with Crippen LogP contribution in [0.2, 0.25) is 5.02 Å². The van der Waals surface area contributed by atoms with Gasteiger partial charge in [0.05, 0.1) is 5.92 Å². The Kier molecular flexibility index (Phi) is 4.96. The Morgan fingerprint density at radius 1 is 1.45 bits per heavy atom. The first kappa shape index (κ1) is 16.6. The molecule has 1 unspecified atom stereocenters. The number of hydrogen-bond donors (Lipinski definition) is 2. The van der Waals surface area contributed by atoms with Crippen LogP contribution in [0.25, 0.3) is 0 Å². The average Bonchev–Trinajstić information content (AvgIpc) is 2.81. The largest absolute Gasteiger partial charge is 0.444 e. The molecule has 1 aliphatic rings. The number of halogens is 1. The van der Waals surface area contributed by atoms with Crippen LogP contribution in [0.15, 0.2) is 18.2 Å². The van der Waals surface area contributed by atoms with Crippen LogP contribution in [0, 0.1) is 0 Å². The molecule has 5 nitrogen and oxygen atoms in total. The predicted octanol–water partition coefficient (Wildman–Crippen LogP) is 2.97. The SMILES string of the molecule is CC(C)(C)OC(=O)NCc1cc(Cl)ccc1C1CCNC1=O. The number of rotatable bonds is 3. The number of carbonyl (C=O) groups is 2. The first-order valence-corrected chi connectivity index (χ1v) is 7.67. The highest BCUT2D eigenvalue weighted by atomic mass is 35.5. The Balaban J connectivity index is 2.11. The maximum absolute atomic E-state index is 11.9. The number of alkyl carbamates (subject to hydrolysis) is 1. The van der Waals surface area contributed by atoms with Crippen LogP contribution in [0.5, 0.6) is 0 Å². The van der Waals surface area contributed by atoms with Gasteiger partial charge in [0.15, 0.2) is 0 Å². The van der Waals surface area contributed by atoms with E-state index in [1.807, 2.05) is 6.07 Å². The van der Waals surface area contributed by atoms with Crippen LogP contribution < -0.4 is 10.6 Å². The third kappa shape index (κ3) is 4.37. The molecule has 22 heavy (non-hydrogen) atoms. The number of carbonyl (C=O) groups excluding carboxylic acids is 2. The van der Waals surface area contributed by atoms with Gasteiger partial charge in [0, 0.05) is 18.1 Å². The molecule has 0 bridgehead atoms. The lowest BCUT2D eigenvalue weighted by Gasteiger charge is -2.20. The molecule has 2 N–H and O–H groups in total. The van der Waals surface area contributed by atoms with Gasteiger partial charge in [0.1, 0.15) is 5.60 Å². The molecule has 1 saturated heterocycles. The zero-order valence-corrected chi connectivity index (χ0v) is 13.8. The highest BCUT2D eigenvalue weighted by molar-refractivity contribution is 6.30. The average molecular weight is 325 g/mol. The lowest BCUT2D eigenvalue weighted by atomic mass is 9.93. The molecule has 1 atom stereocenters. The van der Waals surface area contributed by atoms with Crippen molar-refractivity contribution in [3.8, 4) is 0 Å². The third-order valence-electron chi connectivity index (χ3n) is 3.35. The lowest BCUT2D eigenvalue weighted by molar-refractivity contribution is -0.120. The Labute approximate surface area is 135 Å². The monoisotopic (exact) mass is 324 g/mol. The fraction of sp³-hybridized carbons (Fsp3) is 0.500. The second kappa shape index (κ2) is 6.57. The molecular formula is C16H21ClN2O3. The van der Waals surface area contributed by atoms with Crippen molar-refractivity contribution in [2.45, 2.75) is 45.3 Å². The fourth-order valence-electron chi connectivity index (χ4n) is 2.44. The summed E-state index contributed by atoms with van der Waals surface area (Å²) >= 11 is 6.04. The summed E-state index contributed by atoms with van der Waals surface area (Å²) in [5.74, 6) is -0.173. The van der Waals surface area contributed by atoms with Crippen LogP contribution in [-0.4, -0.2) is 24.1 Å². The van der Waals surface area contributed by atoms with Crippen molar-refractivity contribution >= 4 is 23.6 Å². The lowest BCUT2D eigenvalue weighted by Crippen LogP contribution is -2.32. The minimum atomic E-state index is -0.549. The van der Waals surface area contributed by atoms with Gasteiger partial charge in [-0.25, -0.2) is 4.79 Å². The summed E-state index contributed by atoms with van der Waals surface area (Å²) in [7, 11) is 0. The summed E-state index contributed by atoms with van der Waals surface area (Å²) in [6, 6.07) is 5.39. The van der Waals surface area contributed by atoms with Crippen LogP contribution in [0.3, 0.4) is 0 Å². The molecule has 0 aromatic heterocycles. The van der Waals surface area contributed by atoms with E-state index in [4.69, 9.17) is 16.3 Å². The van der Waals surface area contributed by atoms with Gasteiger partial charge < -0.3 is 15.4 Å². The van der Waals surface area contributed by atoms with Gasteiger partial charge in [-0.2, -0.15) is 0 Å². The highest BCUT2D eigenvalue weighted by Gasteiger charge is 2.28. The maximum Gasteiger partial charge on any atom is 0.407 e. The van der Waals surface area contributed by atoms with Crippen LogP contribution >= 0.6 is 11.6 Å². The van der Waals surface area contributed by atoms with Gasteiger partial charge in [-0.3, -0.25) is 4.79 Å². The highest BCUT2D eigenvalue weighted by Crippen LogP contribution is 2.28. The van der Waals surface area contributed by atoms with Gasteiger partial charge in [0.2, 0.25) is 5.91 Å². The molecule has 6 heteroatoms. The smallest absolute Gasteiger partial charge is 0.407 e. The summed E-state index contributed by atoms with van der Waals surface area (Å²) in [5, 5.41) is 6.10. The predicted molar refractivity (Wildman–Crippen MR) is 84.9 cm³/mol. The topological polar surface area (TPSA) is 67.4 Å². The Morgan fingerprint density at radius 2 is 2.18 bits per heavy atom. The molecule has 0 saturated carbocycles.